The molecule has 1 heterocycles. The van der Waals surface area contributed by atoms with Crippen molar-refractivity contribution < 1.29 is 14.4 Å². The first-order valence-corrected chi connectivity index (χ1v) is 7.47. The van der Waals surface area contributed by atoms with Crippen LogP contribution in [0, 0.1) is 5.92 Å². The second-order valence-corrected chi connectivity index (χ2v) is 6.36. The number of carbonyl (C=O) groups is 1. The third-order valence-corrected chi connectivity index (χ3v) is 4.59. The summed E-state index contributed by atoms with van der Waals surface area (Å²) < 4.78 is 5.35. The standard InChI is InChI=1S/C14H11BrClNO3/c15-10-5-8(14(18)19)6-11-12(10)13(17-20-11)7-1-3-9(16)4-2-7/h1-4,8,10H,5-6H2,(H,18,19). The minimum Gasteiger partial charge on any atom is -0.481 e. The Hall–Kier alpha value is -1.33. The van der Waals surface area contributed by atoms with Gasteiger partial charge in [0.1, 0.15) is 11.5 Å². The predicted octanol–water partition coefficient (Wildman–Crippen LogP) is 4.08. The fourth-order valence-electron chi connectivity index (χ4n) is 2.48. The Kier molecular flexibility index (Phi) is 3.56. The Morgan fingerprint density at radius 2 is 2.10 bits per heavy atom. The normalized spacial score (nSPS) is 21.5. The van der Waals surface area contributed by atoms with E-state index in [4.69, 9.17) is 21.2 Å². The van der Waals surface area contributed by atoms with Crippen molar-refractivity contribution in [3.8, 4) is 11.3 Å². The van der Waals surface area contributed by atoms with Crippen LogP contribution < -0.4 is 0 Å². The predicted molar refractivity (Wildman–Crippen MR) is 78.1 cm³/mol. The van der Waals surface area contributed by atoms with Gasteiger partial charge in [0.15, 0.2) is 0 Å². The van der Waals surface area contributed by atoms with Gasteiger partial charge in [-0.05, 0) is 18.6 Å². The number of carboxylic acid groups (broad SMARTS) is 1. The highest BCUT2D eigenvalue weighted by molar-refractivity contribution is 9.09. The largest absolute Gasteiger partial charge is 0.481 e. The minimum absolute atomic E-state index is 0.0655. The maximum absolute atomic E-state index is 11.1. The van der Waals surface area contributed by atoms with Crippen LogP contribution in [0.4, 0.5) is 0 Å². The van der Waals surface area contributed by atoms with Crippen molar-refractivity contribution in [1.29, 1.82) is 0 Å². The summed E-state index contributed by atoms with van der Waals surface area (Å²) in [6.07, 6.45) is 0.914. The van der Waals surface area contributed by atoms with E-state index < -0.39 is 11.9 Å². The molecule has 0 saturated carbocycles. The highest BCUT2D eigenvalue weighted by Crippen LogP contribution is 2.43. The van der Waals surface area contributed by atoms with Crippen molar-refractivity contribution in [3.05, 3.63) is 40.6 Å². The van der Waals surface area contributed by atoms with E-state index in [2.05, 4.69) is 21.1 Å². The van der Waals surface area contributed by atoms with E-state index in [1.165, 1.54) is 0 Å². The van der Waals surface area contributed by atoms with Crippen molar-refractivity contribution in [2.75, 3.05) is 0 Å². The molecule has 1 aliphatic rings. The number of carboxylic acids is 1. The molecule has 20 heavy (non-hydrogen) atoms. The summed E-state index contributed by atoms with van der Waals surface area (Å²) in [6, 6.07) is 7.35. The molecule has 1 aromatic carbocycles. The molecule has 1 N–H and O–H groups in total. The fraction of sp³-hybridized carbons (Fsp3) is 0.286. The molecule has 0 saturated heterocycles. The van der Waals surface area contributed by atoms with Gasteiger partial charge in [0, 0.05) is 27.4 Å². The molecular formula is C14H11BrClNO3. The molecule has 0 amide bonds. The van der Waals surface area contributed by atoms with Gasteiger partial charge in [-0.15, -0.1) is 0 Å². The molecule has 1 aliphatic carbocycles. The molecule has 4 nitrogen and oxygen atoms in total. The first kappa shape index (κ1) is 13.6. The van der Waals surface area contributed by atoms with Crippen LogP contribution >= 0.6 is 27.5 Å². The highest BCUT2D eigenvalue weighted by atomic mass is 79.9. The van der Waals surface area contributed by atoms with Crippen LogP contribution in [0.15, 0.2) is 28.8 Å². The molecular weight excluding hydrogens is 346 g/mol. The van der Waals surface area contributed by atoms with E-state index in [-0.39, 0.29) is 4.83 Å². The second kappa shape index (κ2) is 5.22. The fourth-order valence-corrected chi connectivity index (χ4v) is 3.53. The van der Waals surface area contributed by atoms with Crippen LogP contribution in [0.2, 0.25) is 5.02 Å². The lowest BCUT2D eigenvalue weighted by atomic mass is 9.86. The number of rotatable bonds is 2. The van der Waals surface area contributed by atoms with Gasteiger partial charge < -0.3 is 9.63 Å². The first-order valence-electron chi connectivity index (χ1n) is 6.17. The van der Waals surface area contributed by atoms with E-state index in [1.807, 2.05) is 12.1 Å². The van der Waals surface area contributed by atoms with Crippen LogP contribution in [-0.4, -0.2) is 16.2 Å². The average molecular weight is 357 g/mol. The van der Waals surface area contributed by atoms with Gasteiger partial charge in [0.05, 0.1) is 5.92 Å². The third kappa shape index (κ3) is 2.36. The summed E-state index contributed by atoms with van der Waals surface area (Å²) in [6.45, 7) is 0. The first-order chi connectivity index (χ1) is 9.56. The summed E-state index contributed by atoms with van der Waals surface area (Å²) in [5.41, 5.74) is 2.62. The van der Waals surface area contributed by atoms with E-state index in [1.54, 1.807) is 12.1 Å². The van der Waals surface area contributed by atoms with E-state index >= 15 is 0 Å². The lowest BCUT2D eigenvalue weighted by molar-refractivity contribution is -0.142. The lowest BCUT2D eigenvalue weighted by Gasteiger charge is -2.21. The molecule has 104 valence electrons. The maximum Gasteiger partial charge on any atom is 0.307 e. The molecule has 0 fully saturated rings. The molecule has 2 unspecified atom stereocenters. The second-order valence-electron chi connectivity index (χ2n) is 4.82. The SMILES string of the molecule is O=C(O)C1Cc2onc(-c3ccc(Cl)cc3)c2C(Br)C1. The Balaban J connectivity index is 2.01. The molecule has 0 spiro atoms. The lowest BCUT2D eigenvalue weighted by Crippen LogP contribution is -2.22. The van der Waals surface area contributed by atoms with E-state index in [0.717, 1.165) is 16.8 Å². The van der Waals surface area contributed by atoms with Crippen LogP contribution in [0.3, 0.4) is 0 Å². The van der Waals surface area contributed by atoms with E-state index in [0.29, 0.717) is 23.6 Å². The zero-order chi connectivity index (χ0) is 14.3. The molecule has 3 rings (SSSR count). The monoisotopic (exact) mass is 355 g/mol. The number of alkyl halides is 1. The number of aliphatic carboxylic acids is 1. The van der Waals surface area contributed by atoms with Gasteiger partial charge in [0.2, 0.25) is 0 Å². The quantitative estimate of drug-likeness (QED) is 0.824. The van der Waals surface area contributed by atoms with Gasteiger partial charge in [-0.2, -0.15) is 0 Å². The Morgan fingerprint density at radius 1 is 1.40 bits per heavy atom. The van der Waals surface area contributed by atoms with Crippen LogP contribution in [-0.2, 0) is 11.2 Å². The number of aromatic nitrogens is 1. The van der Waals surface area contributed by atoms with Gasteiger partial charge in [-0.1, -0.05) is 44.8 Å². The maximum atomic E-state index is 11.1. The third-order valence-electron chi connectivity index (χ3n) is 3.51. The van der Waals surface area contributed by atoms with Crippen LogP contribution in [0.25, 0.3) is 11.3 Å². The van der Waals surface area contributed by atoms with Gasteiger partial charge in [0.25, 0.3) is 0 Å². The van der Waals surface area contributed by atoms with Gasteiger partial charge in [-0.25, -0.2) is 0 Å². The van der Waals surface area contributed by atoms with Gasteiger partial charge >= 0.3 is 5.97 Å². The zero-order valence-electron chi connectivity index (χ0n) is 10.3. The number of fused-ring (bicyclic) bond motifs is 1. The minimum atomic E-state index is -0.801. The zero-order valence-corrected chi connectivity index (χ0v) is 12.7. The van der Waals surface area contributed by atoms with Crippen molar-refractivity contribution in [3.63, 3.8) is 0 Å². The van der Waals surface area contributed by atoms with Crippen molar-refractivity contribution >= 4 is 33.5 Å². The summed E-state index contributed by atoms with van der Waals surface area (Å²) in [5.74, 6) is -0.585. The van der Waals surface area contributed by atoms with E-state index in [9.17, 15) is 4.79 Å². The summed E-state index contributed by atoms with van der Waals surface area (Å²) >= 11 is 9.43. The topological polar surface area (TPSA) is 63.3 Å². The molecule has 0 bridgehead atoms. The number of hydrogen-bond donors (Lipinski definition) is 1. The number of hydrogen-bond acceptors (Lipinski definition) is 3. The highest BCUT2D eigenvalue weighted by Gasteiger charge is 2.35. The van der Waals surface area contributed by atoms with Crippen molar-refractivity contribution in [1.82, 2.24) is 5.16 Å². The molecule has 1 aromatic heterocycles. The Morgan fingerprint density at radius 3 is 2.75 bits per heavy atom. The van der Waals surface area contributed by atoms with Crippen LogP contribution in [0.1, 0.15) is 22.6 Å². The average Bonchev–Trinajstić information content (AvgIpc) is 2.84. The summed E-state index contributed by atoms with van der Waals surface area (Å²) in [7, 11) is 0. The van der Waals surface area contributed by atoms with Gasteiger partial charge in [-0.3, -0.25) is 4.79 Å². The van der Waals surface area contributed by atoms with Crippen molar-refractivity contribution in [2.24, 2.45) is 5.92 Å². The molecule has 2 aromatic rings. The summed E-state index contributed by atoms with van der Waals surface area (Å²) in [5, 5.41) is 13.9. The number of benzene rings is 1. The molecule has 6 heteroatoms. The number of nitrogens with zero attached hydrogens (tertiary/aromatic N) is 1. The summed E-state index contributed by atoms with van der Waals surface area (Å²) in [4.78, 5) is 11.1. The molecule has 0 aliphatic heterocycles. The smallest absolute Gasteiger partial charge is 0.307 e. The Labute approximate surface area is 128 Å². The number of halogens is 2. The molecule has 0 radical (unpaired) electrons. The molecule has 2 atom stereocenters. The van der Waals surface area contributed by atoms with Crippen molar-refractivity contribution in [2.45, 2.75) is 17.7 Å². The Bertz CT molecular complexity index is 653. The van der Waals surface area contributed by atoms with Crippen LogP contribution in [0.5, 0.6) is 0 Å².